The highest BCUT2D eigenvalue weighted by Crippen LogP contribution is 2.14. The van der Waals surface area contributed by atoms with Gasteiger partial charge in [0.25, 0.3) is 0 Å². The maximum atomic E-state index is 9.06. The second-order valence-corrected chi connectivity index (χ2v) is 4.65. The molecular formula is C14H24N4. The molecule has 0 fully saturated rings. The SMILES string of the molecule is CCCNC(C#N)CCn1nc(C)c(CC)c1C. The van der Waals surface area contributed by atoms with Crippen molar-refractivity contribution in [3.8, 4) is 6.07 Å². The van der Waals surface area contributed by atoms with E-state index in [1.807, 2.05) is 4.68 Å². The topological polar surface area (TPSA) is 53.6 Å². The van der Waals surface area contributed by atoms with Gasteiger partial charge in [-0.3, -0.25) is 4.68 Å². The largest absolute Gasteiger partial charge is 0.302 e. The van der Waals surface area contributed by atoms with Gasteiger partial charge in [0, 0.05) is 12.2 Å². The minimum Gasteiger partial charge on any atom is -0.302 e. The van der Waals surface area contributed by atoms with Crippen LogP contribution in [-0.4, -0.2) is 22.4 Å². The van der Waals surface area contributed by atoms with E-state index in [2.05, 4.69) is 44.2 Å². The number of nitrogens with zero attached hydrogens (tertiary/aromatic N) is 3. The Morgan fingerprint density at radius 1 is 1.39 bits per heavy atom. The third-order valence-electron chi connectivity index (χ3n) is 3.31. The molecule has 1 heterocycles. The molecule has 0 saturated heterocycles. The second-order valence-electron chi connectivity index (χ2n) is 4.65. The molecule has 1 aromatic rings. The number of hydrogen-bond acceptors (Lipinski definition) is 3. The molecule has 0 aliphatic rings. The van der Waals surface area contributed by atoms with Crippen molar-refractivity contribution in [1.82, 2.24) is 15.1 Å². The minimum absolute atomic E-state index is 0.0704. The van der Waals surface area contributed by atoms with Crippen molar-refractivity contribution >= 4 is 0 Å². The van der Waals surface area contributed by atoms with Gasteiger partial charge in [0.1, 0.15) is 0 Å². The molecule has 0 spiro atoms. The van der Waals surface area contributed by atoms with Crippen LogP contribution in [0.5, 0.6) is 0 Å². The van der Waals surface area contributed by atoms with Gasteiger partial charge in [0.15, 0.2) is 0 Å². The lowest BCUT2D eigenvalue weighted by Crippen LogP contribution is -2.29. The van der Waals surface area contributed by atoms with Crippen LogP contribution in [0.3, 0.4) is 0 Å². The predicted octanol–water partition coefficient (Wildman–Crippen LogP) is 2.34. The number of aryl methyl sites for hydroxylation is 2. The normalized spacial score (nSPS) is 12.4. The monoisotopic (exact) mass is 248 g/mol. The van der Waals surface area contributed by atoms with Gasteiger partial charge in [-0.2, -0.15) is 10.4 Å². The van der Waals surface area contributed by atoms with Gasteiger partial charge in [0.2, 0.25) is 0 Å². The molecule has 18 heavy (non-hydrogen) atoms. The molecule has 0 radical (unpaired) electrons. The molecule has 1 rings (SSSR count). The summed E-state index contributed by atoms with van der Waals surface area (Å²) < 4.78 is 2.03. The van der Waals surface area contributed by atoms with Crippen molar-refractivity contribution in [3.05, 3.63) is 17.0 Å². The number of nitrogens with one attached hydrogen (secondary N) is 1. The summed E-state index contributed by atoms with van der Waals surface area (Å²) in [7, 11) is 0. The third kappa shape index (κ3) is 3.58. The fourth-order valence-electron chi connectivity index (χ4n) is 2.25. The van der Waals surface area contributed by atoms with Gasteiger partial charge >= 0.3 is 0 Å². The first-order valence-corrected chi connectivity index (χ1v) is 6.79. The van der Waals surface area contributed by atoms with E-state index in [4.69, 9.17) is 5.26 Å². The first-order chi connectivity index (χ1) is 8.63. The molecule has 4 heteroatoms. The summed E-state index contributed by atoms with van der Waals surface area (Å²) >= 11 is 0. The zero-order valence-electron chi connectivity index (χ0n) is 12.0. The summed E-state index contributed by atoms with van der Waals surface area (Å²) in [4.78, 5) is 0. The van der Waals surface area contributed by atoms with E-state index in [-0.39, 0.29) is 6.04 Å². The lowest BCUT2D eigenvalue weighted by atomic mass is 10.1. The Bertz CT molecular complexity index is 414. The molecule has 0 aliphatic heterocycles. The van der Waals surface area contributed by atoms with E-state index < -0.39 is 0 Å². The van der Waals surface area contributed by atoms with E-state index in [0.717, 1.165) is 38.0 Å². The Labute approximate surface area is 110 Å². The maximum Gasteiger partial charge on any atom is 0.0970 e. The smallest absolute Gasteiger partial charge is 0.0970 e. The molecule has 100 valence electrons. The molecule has 0 aromatic carbocycles. The zero-order chi connectivity index (χ0) is 13.5. The van der Waals surface area contributed by atoms with Crippen molar-refractivity contribution in [2.45, 2.75) is 59.5 Å². The summed E-state index contributed by atoms with van der Waals surface area (Å²) in [5, 5.41) is 16.9. The van der Waals surface area contributed by atoms with Crippen LogP contribution < -0.4 is 5.32 Å². The first-order valence-electron chi connectivity index (χ1n) is 6.79. The standard InChI is InChI=1S/C14H24N4/c1-5-8-16-13(10-15)7-9-18-12(4)14(6-2)11(3)17-18/h13,16H,5-9H2,1-4H3. The van der Waals surface area contributed by atoms with E-state index in [0.29, 0.717) is 0 Å². The van der Waals surface area contributed by atoms with E-state index >= 15 is 0 Å². The Balaban J connectivity index is 2.60. The molecule has 0 saturated carbocycles. The van der Waals surface area contributed by atoms with Crippen LogP contribution in [0.2, 0.25) is 0 Å². The van der Waals surface area contributed by atoms with Gasteiger partial charge in [-0.1, -0.05) is 13.8 Å². The Kier molecular flexibility index (Phi) is 5.87. The van der Waals surface area contributed by atoms with Crippen molar-refractivity contribution in [1.29, 1.82) is 5.26 Å². The molecule has 4 nitrogen and oxygen atoms in total. The van der Waals surface area contributed by atoms with E-state index in [9.17, 15) is 0 Å². The van der Waals surface area contributed by atoms with Gasteiger partial charge in [-0.05, 0) is 45.2 Å². The molecule has 0 amide bonds. The first kappa shape index (κ1) is 14.7. The van der Waals surface area contributed by atoms with E-state index in [1.165, 1.54) is 11.3 Å². The Morgan fingerprint density at radius 3 is 2.61 bits per heavy atom. The summed E-state index contributed by atoms with van der Waals surface area (Å²) in [5.74, 6) is 0. The third-order valence-corrected chi connectivity index (χ3v) is 3.31. The van der Waals surface area contributed by atoms with Crippen molar-refractivity contribution in [2.24, 2.45) is 0 Å². The highest BCUT2D eigenvalue weighted by atomic mass is 15.3. The number of rotatable bonds is 7. The van der Waals surface area contributed by atoms with Gasteiger partial charge in [-0.15, -0.1) is 0 Å². The second kappa shape index (κ2) is 7.17. The lowest BCUT2D eigenvalue weighted by molar-refractivity contribution is 0.485. The van der Waals surface area contributed by atoms with Gasteiger partial charge < -0.3 is 5.32 Å². The molecule has 0 bridgehead atoms. The van der Waals surface area contributed by atoms with Crippen molar-refractivity contribution in [3.63, 3.8) is 0 Å². The molecule has 1 aromatic heterocycles. The van der Waals surface area contributed by atoms with Crippen LogP contribution in [0.4, 0.5) is 0 Å². The maximum absolute atomic E-state index is 9.06. The minimum atomic E-state index is -0.0704. The number of aromatic nitrogens is 2. The van der Waals surface area contributed by atoms with Crippen LogP contribution >= 0.6 is 0 Å². The fourth-order valence-corrected chi connectivity index (χ4v) is 2.25. The Morgan fingerprint density at radius 2 is 2.11 bits per heavy atom. The average molecular weight is 248 g/mol. The zero-order valence-corrected chi connectivity index (χ0v) is 12.0. The predicted molar refractivity (Wildman–Crippen MR) is 73.4 cm³/mol. The molecule has 0 aliphatic carbocycles. The van der Waals surface area contributed by atoms with Crippen LogP contribution in [0.15, 0.2) is 0 Å². The molecular weight excluding hydrogens is 224 g/mol. The average Bonchev–Trinajstić information content (AvgIpc) is 2.64. The van der Waals surface area contributed by atoms with E-state index in [1.54, 1.807) is 0 Å². The number of nitriles is 1. The van der Waals surface area contributed by atoms with Crippen LogP contribution in [0, 0.1) is 25.2 Å². The molecule has 1 atom stereocenters. The summed E-state index contributed by atoms with van der Waals surface area (Å²) in [6, 6.07) is 2.24. The number of hydrogen-bond donors (Lipinski definition) is 1. The summed E-state index contributed by atoms with van der Waals surface area (Å²) in [6.07, 6.45) is 2.88. The fraction of sp³-hybridized carbons (Fsp3) is 0.714. The van der Waals surface area contributed by atoms with Crippen molar-refractivity contribution in [2.75, 3.05) is 6.54 Å². The van der Waals surface area contributed by atoms with Crippen LogP contribution in [0.25, 0.3) is 0 Å². The highest BCUT2D eigenvalue weighted by molar-refractivity contribution is 5.24. The van der Waals surface area contributed by atoms with Gasteiger partial charge in [0.05, 0.1) is 17.8 Å². The van der Waals surface area contributed by atoms with Gasteiger partial charge in [-0.25, -0.2) is 0 Å². The lowest BCUT2D eigenvalue weighted by Gasteiger charge is -2.11. The van der Waals surface area contributed by atoms with Crippen LogP contribution in [-0.2, 0) is 13.0 Å². The van der Waals surface area contributed by atoms with Crippen LogP contribution in [0.1, 0.15) is 43.6 Å². The molecule has 1 unspecified atom stereocenters. The summed E-state index contributed by atoms with van der Waals surface area (Å²) in [5.41, 5.74) is 3.69. The summed E-state index contributed by atoms with van der Waals surface area (Å²) in [6.45, 7) is 10.1. The Hall–Kier alpha value is -1.34. The highest BCUT2D eigenvalue weighted by Gasteiger charge is 2.11. The molecule has 1 N–H and O–H groups in total. The quantitative estimate of drug-likeness (QED) is 0.806. The van der Waals surface area contributed by atoms with Crippen molar-refractivity contribution < 1.29 is 0 Å².